The molecule has 0 bridgehead atoms. The maximum Gasteiger partial charge on any atom is 0.0986 e. The van der Waals surface area contributed by atoms with Crippen molar-refractivity contribution in [1.29, 1.82) is 0 Å². The topological polar surface area (TPSA) is 9.23 Å². The van der Waals surface area contributed by atoms with E-state index in [-0.39, 0.29) is 10.9 Å². The Balaban J connectivity index is 2.95. The molecule has 0 aliphatic rings. The lowest BCUT2D eigenvalue weighted by Crippen LogP contribution is -2.04. The fourth-order valence-corrected chi connectivity index (χ4v) is 0.746. The van der Waals surface area contributed by atoms with Crippen molar-refractivity contribution in [1.82, 2.24) is 0 Å². The molecule has 0 amide bonds. The molecular weight excluding hydrogens is 128 g/mol. The van der Waals surface area contributed by atoms with Gasteiger partial charge in [-0.2, -0.15) is 0 Å². The Kier molecular flexibility index (Phi) is 3.98. The fourth-order valence-electron chi connectivity index (χ4n) is 0.285. The Labute approximate surface area is 55.3 Å². The van der Waals surface area contributed by atoms with Crippen LogP contribution in [0.1, 0.15) is 13.8 Å². The average Bonchev–Trinajstić information content (AvgIpc) is 1.27. The number of ether oxygens (including phenoxy) is 1. The van der Waals surface area contributed by atoms with Gasteiger partial charge in [0.25, 0.3) is 0 Å². The third-order valence-corrected chi connectivity index (χ3v) is 0.637. The van der Waals surface area contributed by atoms with Crippen LogP contribution in [0.2, 0.25) is 0 Å². The summed E-state index contributed by atoms with van der Waals surface area (Å²) in [4.78, 5) is 0. The van der Waals surface area contributed by atoms with Gasteiger partial charge in [-0.05, 0) is 13.8 Å². The van der Waals surface area contributed by atoms with Crippen molar-refractivity contribution in [3.8, 4) is 0 Å². The monoisotopic (exact) mass is 138 g/mol. The molecule has 0 saturated heterocycles. The molecule has 0 saturated carbocycles. The van der Waals surface area contributed by atoms with E-state index in [0.717, 1.165) is 0 Å². The van der Waals surface area contributed by atoms with E-state index in [1.807, 2.05) is 13.8 Å². The van der Waals surface area contributed by atoms with Crippen LogP contribution in [0.15, 0.2) is 0 Å². The summed E-state index contributed by atoms with van der Waals surface area (Å²) in [6.45, 7) is 3.71. The molecule has 1 nitrogen and oxygen atoms in total. The van der Waals surface area contributed by atoms with Gasteiger partial charge in [0.1, 0.15) is 0 Å². The van der Waals surface area contributed by atoms with Crippen LogP contribution in [-0.2, 0) is 4.74 Å². The van der Waals surface area contributed by atoms with Crippen LogP contribution in [0.25, 0.3) is 0 Å². The summed E-state index contributed by atoms with van der Waals surface area (Å²) in [5, 5.41) is 0. The van der Waals surface area contributed by atoms with Gasteiger partial charge in [-0.3, -0.25) is 0 Å². The Morgan fingerprint density at radius 3 is 1.43 bits per heavy atom. The standard InChI is InChI=1S/C4H10OS2/c1-3(6)5-4(2)7/h3-4,6-7H,1-2H3. The second kappa shape index (κ2) is 3.64. The van der Waals surface area contributed by atoms with Gasteiger partial charge in [-0.15, -0.1) is 25.3 Å². The first-order chi connectivity index (χ1) is 3.13. The lowest BCUT2D eigenvalue weighted by Gasteiger charge is -2.07. The number of rotatable bonds is 2. The van der Waals surface area contributed by atoms with Crippen LogP contribution in [0.4, 0.5) is 0 Å². The van der Waals surface area contributed by atoms with Crippen LogP contribution < -0.4 is 0 Å². The van der Waals surface area contributed by atoms with Crippen LogP contribution in [0.3, 0.4) is 0 Å². The predicted octanol–water partition coefficient (Wildman–Crippen LogP) is 1.55. The Hall–Kier alpha value is 0.660. The smallest absolute Gasteiger partial charge is 0.0986 e. The van der Waals surface area contributed by atoms with Gasteiger partial charge in [0.2, 0.25) is 0 Å². The second-order valence-corrected chi connectivity index (χ2v) is 2.79. The normalized spacial score (nSPS) is 18.9. The van der Waals surface area contributed by atoms with Crippen molar-refractivity contribution in [3.05, 3.63) is 0 Å². The van der Waals surface area contributed by atoms with Gasteiger partial charge in [0.05, 0.1) is 10.9 Å². The molecule has 0 N–H and O–H groups in total. The highest BCUT2D eigenvalue weighted by molar-refractivity contribution is 7.81. The van der Waals surface area contributed by atoms with E-state index in [1.165, 1.54) is 0 Å². The molecular formula is C4H10OS2. The zero-order chi connectivity index (χ0) is 5.86. The highest BCUT2D eigenvalue weighted by atomic mass is 32.1. The Morgan fingerprint density at radius 1 is 1.14 bits per heavy atom. The molecule has 0 aromatic rings. The summed E-state index contributed by atoms with van der Waals surface area (Å²) in [6, 6.07) is 0. The maximum atomic E-state index is 4.98. The molecule has 0 aliphatic carbocycles. The summed E-state index contributed by atoms with van der Waals surface area (Å²) in [7, 11) is 0. The van der Waals surface area contributed by atoms with Gasteiger partial charge in [-0.1, -0.05) is 0 Å². The van der Waals surface area contributed by atoms with Crippen molar-refractivity contribution < 1.29 is 4.74 Å². The fraction of sp³-hybridized carbons (Fsp3) is 1.00. The Morgan fingerprint density at radius 2 is 1.43 bits per heavy atom. The lowest BCUT2D eigenvalue weighted by atomic mass is 10.8. The summed E-state index contributed by atoms with van der Waals surface area (Å²) < 4.78 is 4.98. The third-order valence-electron chi connectivity index (χ3n) is 0.394. The molecule has 0 aliphatic heterocycles. The molecule has 0 fully saturated rings. The minimum absolute atomic E-state index is 0.00694. The first-order valence-electron chi connectivity index (χ1n) is 2.14. The molecule has 3 heteroatoms. The van der Waals surface area contributed by atoms with Crippen LogP contribution in [0, 0.1) is 0 Å². The third kappa shape index (κ3) is 6.66. The van der Waals surface area contributed by atoms with Crippen molar-refractivity contribution in [3.63, 3.8) is 0 Å². The van der Waals surface area contributed by atoms with E-state index < -0.39 is 0 Å². The second-order valence-electron chi connectivity index (χ2n) is 1.33. The molecule has 2 atom stereocenters. The number of hydrogen-bond donors (Lipinski definition) is 2. The van der Waals surface area contributed by atoms with Crippen LogP contribution in [-0.4, -0.2) is 10.9 Å². The first-order valence-corrected chi connectivity index (χ1v) is 3.18. The zero-order valence-corrected chi connectivity index (χ0v) is 6.25. The summed E-state index contributed by atoms with van der Waals surface area (Å²) in [5.41, 5.74) is -0.0139. The maximum absolute atomic E-state index is 4.98. The molecule has 0 spiro atoms. The summed E-state index contributed by atoms with van der Waals surface area (Å²) in [6.07, 6.45) is 0. The van der Waals surface area contributed by atoms with Crippen LogP contribution >= 0.6 is 25.3 Å². The van der Waals surface area contributed by atoms with E-state index >= 15 is 0 Å². The first kappa shape index (κ1) is 7.66. The number of thiol groups is 2. The van der Waals surface area contributed by atoms with E-state index in [4.69, 9.17) is 4.74 Å². The Bertz CT molecular complexity index is 39.0. The minimum Gasteiger partial charge on any atom is -0.355 e. The van der Waals surface area contributed by atoms with E-state index in [1.54, 1.807) is 0 Å². The van der Waals surface area contributed by atoms with Gasteiger partial charge < -0.3 is 4.74 Å². The van der Waals surface area contributed by atoms with Gasteiger partial charge in [0, 0.05) is 0 Å². The lowest BCUT2D eigenvalue weighted by molar-refractivity contribution is 0.116. The van der Waals surface area contributed by atoms with Crippen molar-refractivity contribution in [2.45, 2.75) is 24.7 Å². The highest BCUT2D eigenvalue weighted by Gasteiger charge is 1.95. The zero-order valence-electron chi connectivity index (χ0n) is 4.46. The molecule has 44 valence electrons. The quantitative estimate of drug-likeness (QED) is 0.435. The van der Waals surface area contributed by atoms with E-state index in [9.17, 15) is 0 Å². The van der Waals surface area contributed by atoms with E-state index in [2.05, 4.69) is 25.3 Å². The van der Waals surface area contributed by atoms with Crippen LogP contribution in [0.5, 0.6) is 0 Å². The average molecular weight is 138 g/mol. The highest BCUT2D eigenvalue weighted by Crippen LogP contribution is 2.02. The van der Waals surface area contributed by atoms with Crippen molar-refractivity contribution in [2.24, 2.45) is 0 Å². The molecule has 0 radical (unpaired) electrons. The van der Waals surface area contributed by atoms with Crippen molar-refractivity contribution >= 4 is 25.3 Å². The van der Waals surface area contributed by atoms with Crippen molar-refractivity contribution in [2.75, 3.05) is 0 Å². The molecule has 0 rings (SSSR count). The largest absolute Gasteiger partial charge is 0.355 e. The van der Waals surface area contributed by atoms with Gasteiger partial charge >= 0.3 is 0 Å². The molecule has 2 unspecified atom stereocenters. The summed E-state index contributed by atoms with van der Waals surface area (Å²) in [5.74, 6) is 0. The van der Waals surface area contributed by atoms with E-state index in [0.29, 0.717) is 0 Å². The predicted molar refractivity (Wildman–Crippen MR) is 38.0 cm³/mol. The molecule has 7 heavy (non-hydrogen) atoms. The SMILES string of the molecule is CC(S)OC(C)S. The summed E-state index contributed by atoms with van der Waals surface area (Å²) >= 11 is 7.93. The number of hydrogen-bond acceptors (Lipinski definition) is 3. The van der Waals surface area contributed by atoms with Gasteiger partial charge in [-0.25, -0.2) is 0 Å². The van der Waals surface area contributed by atoms with Gasteiger partial charge in [0.15, 0.2) is 0 Å². The molecule has 0 aromatic carbocycles. The molecule has 0 heterocycles. The molecule has 0 aromatic heterocycles. The minimum atomic E-state index is -0.00694.